The number of aliphatic hydroxyl groups is 1. The lowest BCUT2D eigenvalue weighted by Gasteiger charge is -2.25. The van der Waals surface area contributed by atoms with Crippen molar-refractivity contribution in [2.24, 2.45) is 0 Å². The summed E-state index contributed by atoms with van der Waals surface area (Å²) in [6, 6.07) is 24.8. The van der Waals surface area contributed by atoms with E-state index >= 15 is 0 Å². The van der Waals surface area contributed by atoms with Gasteiger partial charge in [0.05, 0.1) is 6.61 Å². The molecule has 1 aliphatic heterocycles. The van der Waals surface area contributed by atoms with Crippen molar-refractivity contribution in [2.75, 3.05) is 30.5 Å². The minimum absolute atomic E-state index is 0.255. The smallest absolute Gasteiger partial charge is 0.415 e. The average Bonchev–Trinajstić information content (AvgIpc) is 3.15. The number of carbonyl (C=O) groups excluding carboxylic acids is 1. The number of aliphatic hydroxyl groups excluding tert-OH is 1. The highest BCUT2D eigenvalue weighted by Gasteiger charge is 2.43. The molecule has 1 fully saturated rings. The van der Waals surface area contributed by atoms with E-state index in [-0.39, 0.29) is 6.61 Å². The molecule has 1 unspecified atom stereocenters. The van der Waals surface area contributed by atoms with Gasteiger partial charge in [-0.1, -0.05) is 42.5 Å². The molecular weight excluding hydrogens is 392 g/mol. The Balaban J connectivity index is 1.55. The fourth-order valence-electron chi connectivity index (χ4n) is 3.71. The predicted molar refractivity (Wildman–Crippen MR) is 121 cm³/mol. The Morgan fingerprint density at radius 2 is 1.65 bits per heavy atom. The van der Waals surface area contributed by atoms with Crippen LogP contribution < -0.4 is 14.5 Å². The summed E-state index contributed by atoms with van der Waals surface area (Å²) in [7, 11) is 3.93. The fourth-order valence-corrected chi connectivity index (χ4v) is 3.71. The zero-order valence-corrected chi connectivity index (χ0v) is 17.6. The summed E-state index contributed by atoms with van der Waals surface area (Å²) in [6.07, 6.45) is -1.11. The van der Waals surface area contributed by atoms with Crippen molar-refractivity contribution >= 4 is 17.5 Å². The molecule has 0 saturated carbocycles. The lowest BCUT2D eigenvalue weighted by molar-refractivity contribution is 0.0829. The summed E-state index contributed by atoms with van der Waals surface area (Å²) in [4.78, 5) is 16.2. The number of hydrogen-bond donors (Lipinski definition) is 1. The van der Waals surface area contributed by atoms with E-state index < -0.39 is 18.2 Å². The van der Waals surface area contributed by atoms with Gasteiger partial charge in [0, 0.05) is 25.5 Å². The van der Waals surface area contributed by atoms with E-state index in [1.165, 1.54) is 0 Å². The highest BCUT2D eigenvalue weighted by molar-refractivity contribution is 5.91. The molecule has 160 valence electrons. The van der Waals surface area contributed by atoms with E-state index in [0.717, 1.165) is 28.3 Å². The summed E-state index contributed by atoms with van der Waals surface area (Å²) in [5.74, 6) is 0.736. The van der Waals surface area contributed by atoms with Gasteiger partial charge in [-0.3, -0.25) is 4.90 Å². The Kier molecular flexibility index (Phi) is 6.09. The maximum atomic E-state index is 12.6. The van der Waals surface area contributed by atoms with Gasteiger partial charge in [0.25, 0.3) is 0 Å². The number of benzene rings is 3. The molecule has 0 aromatic heterocycles. The first kappa shape index (κ1) is 20.8. The van der Waals surface area contributed by atoms with Gasteiger partial charge in [-0.05, 0) is 47.5 Å². The minimum atomic E-state index is -0.642. The highest BCUT2D eigenvalue weighted by atomic mass is 16.6. The van der Waals surface area contributed by atoms with Crippen LogP contribution in [0, 0.1) is 0 Å². The van der Waals surface area contributed by atoms with Crippen LogP contribution in [0.1, 0.15) is 17.2 Å². The van der Waals surface area contributed by atoms with Crippen molar-refractivity contribution in [3.63, 3.8) is 0 Å². The van der Waals surface area contributed by atoms with Crippen LogP contribution in [0.2, 0.25) is 0 Å². The third-order valence-electron chi connectivity index (χ3n) is 5.37. The third-order valence-corrected chi connectivity index (χ3v) is 5.37. The van der Waals surface area contributed by atoms with Crippen LogP contribution >= 0.6 is 0 Å². The molecule has 1 N–H and O–H groups in total. The molecule has 1 heterocycles. The first-order valence-electron chi connectivity index (χ1n) is 10.2. The average molecular weight is 418 g/mol. The summed E-state index contributed by atoms with van der Waals surface area (Å²) in [6.45, 7) is 0.226. The van der Waals surface area contributed by atoms with Gasteiger partial charge in [-0.25, -0.2) is 4.79 Å². The topological polar surface area (TPSA) is 62.2 Å². The van der Waals surface area contributed by atoms with Crippen LogP contribution in [0.3, 0.4) is 0 Å². The molecule has 2 atom stereocenters. The predicted octanol–water partition coefficient (Wildman–Crippen LogP) is 4.39. The molecule has 0 spiro atoms. The number of anilines is 2. The van der Waals surface area contributed by atoms with Crippen LogP contribution in [0.15, 0.2) is 78.9 Å². The summed E-state index contributed by atoms with van der Waals surface area (Å²) >= 11 is 0. The number of amides is 1. The Hall–Kier alpha value is -3.51. The van der Waals surface area contributed by atoms with Gasteiger partial charge in [0.1, 0.15) is 18.4 Å². The van der Waals surface area contributed by atoms with Crippen molar-refractivity contribution in [3.8, 4) is 5.75 Å². The maximum Gasteiger partial charge on any atom is 0.415 e. The summed E-state index contributed by atoms with van der Waals surface area (Å²) in [5.41, 5.74) is 3.72. The van der Waals surface area contributed by atoms with E-state index in [2.05, 4.69) is 0 Å². The molecule has 0 radical (unpaired) electrons. The molecule has 1 aliphatic rings. The van der Waals surface area contributed by atoms with Crippen LogP contribution in [0.25, 0.3) is 0 Å². The number of hydrogen-bond acceptors (Lipinski definition) is 5. The fraction of sp³-hybridized carbons (Fsp3) is 0.240. The van der Waals surface area contributed by atoms with Gasteiger partial charge >= 0.3 is 6.09 Å². The van der Waals surface area contributed by atoms with Crippen LogP contribution in [0.5, 0.6) is 5.75 Å². The normalized spacial score (nSPS) is 18.0. The Morgan fingerprint density at radius 3 is 2.26 bits per heavy atom. The number of cyclic esters (lactones) is 1. The zero-order chi connectivity index (χ0) is 21.8. The lowest BCUT2D eigenvalue weighted by Crippen LogP contribution is -2.30. The maximum absolute atomic E-state index is 12.6. The quantitative estimate of drug-likeness (QED) is 0.617. The second-order valence-corrected chi connectivity index (χ2v) is 7.67. The van der Waals surface area contributed by atoms with E-state index in [0.29, 0.717) is 6.61 Å². The molecule has 4 rings (SSSR count). The molecular formula is C25H26N2O4. The molecule has 1 amide bonds. The first-order valence-corrected chi connectivity index (χ1v) is 10.2. The SMILES string of the molecule is CN(C)c1ccc(N2C(=O)O[C@H](CO)C2c2ccc(OCc3ccccc3)cc2)cc1. The van der Waals surface area contributed by atoms with E-state index in [4.69, 9.17) is 9.47 Å². The van der Waals surface area contributed by atoms with E-state index in [1.807, 2.05) is 97.9 Å². The number of nitrogens with zero attached hydrogens (tertiary/aromatic N) is 2. The number of rotatable bonds is 7. The van der Waals surface area contributed by atoms with Gasteiger partial charge in [-0.2, -0.15) is 0 Å². The monoisotopic (exact) mass is 418 g/mol. The Labute approximate surface area is 182 Å². The summed E-state index contributed by atoms with van der Waals surface area (Å²) in [5, 5.41) is 9.83. The molecule has 0 aliphatic carbocycles. The molecule has 0 bridgehead atoms. The van der Waals surface area contributed by atoms with Gasteiger partial charge in [-0.15, -0.1) is 0 Å². The second kappa shape index (κ2) is 9.10. The number of carbonyl (C=O) groups is 1. The molecule has 6 nitrogen and oxygen atoms in total. The van der Waals surface area contributed by atoms with Crippen molar-refractivity contribution in [2.45, 2.75) is 18.8 Å². The van der Waals surface area contributed by atoms with Gasteiger partial charge < -0.3 is 19.5 Å². The van der Waals surface area contributed by atoms with E-state index in [1.54, 1.807) is 4.90 Å². The molecule has 31 heavy (non-hydrogen) atoms. The zero-order valence-electron chi connectivity index (χ0n) is 17.6. The lowest BCUT2D eigenvalue weighted by atomic mass is 10.0. The largest absolute Gasteiger partial charge is 0.489 e. The summed E-state index contributed by atoms with van der Waals surface area (Å²) < 4.78 is 11.3. The van der Waals surface area contributed by atoms with Crippen molar-refractivity contribution < 1.29 is 19.4 Å². The minimum Gasteiger partial charge on any atom is -0.489 e. The van der Waals surface area contributed by atoms with Gasteiger partial charge in [0.15, 0.2) is 6.10 Å². The van der Waals surface area contributed by atoms with Gasteiger partial charge in [0.2, 0.25) is 0 Å². The highest BCUT2D eigenvalue weighted by Crippen LogP contribution is 2.38. The van der Waals surface area contributed by atoms with Crippen molar-refractivity contribution in [1.29, 1.82) is 0 Å². The Morgan fingerprint density at radius 1 is 0.968 bits per heavy atom. The molecule has 1 saturated heterocycles. The first-order chi connectivity index (χ1) is 15.1. The standard InChI is InChI=1S/C25H26N2O4/c1-26(2)20-10-12-21(13-11-20)27-24(23(16-28)31-25(27)29)19-8-14-22(15-9-19)30-17-18-6-4-3-5-7-18/h3-15,23-24,28H,16-17H2,1-2H3/t23-,24?/m1/s1. The van der Waals surface area contributed by atoms with Crippen LogP contribution in [-0.2, 0) is 11.3 Å². The molecule has 6 heteroatoms. The van der Waals surface area contributed by atoms with Crippen molar-refractivity contribution in [1.82, 2.24) is 0 Å². The number of ether oxygens (including phenoxy) is 2. The Bertz CT molecular complexity index is 1000. The van der Waals surface area contributed by atoms with Crippen LogP contribution in [0.4, 0.5) is 16.2 Å². The molecule has 3 aromatic carbocycles. The van der Waals surface area contributed by atoms with Crippen molar-refractivity contribution in [3.05, 3.63) is 90.0 Å². The third kappa shape index (κ3) is 4.49. The van der Waals surface area contributed by atoms with Crippen LogP contribution in [-0.4, -0.2) is 38.0 Å². The van der Waals surface area contributed by atoms with E-state index in [9.17, 15) is 9.90 Å². The second-order valence-electron chi connectivity index (χ2n) is 7.67. The molecule has 3 aromatic rings.